The number of aryl methyl sites for hydroxylation is 4. The summed E-state index contributed by atoms with van der Waals surface area (Å²) in [7, 11) is 0. The Labute approximate surface area is 166 Å². The highest BCUT2D eigenvalue weighted by atomic mass is 16.5. The van der Waals surface area contributed by atoms with Crippen molar-refractivity contribution in [3.63, 3.8) is 0 Å². The molecule has 0 aliphatic heterocycles. The number of fused-ring (bicyclic) bond motifs is 1. The number of amides is 1. The van der Waals surface area contributed by atoms with Gasteiger partial charge in [-0.3, -0.25) is 4.79 Å². The van der Waals surface area contributed by atoms with Crippen LogP contribution in [0.3, 0.4) is 0 Å². The van der Waals surface area contributed by atoms with E-state index in [1.165, 1.54) is 5.56 Å². The minimum Gasteiger partial charge on any atom is -0.493 e. The lowest BCUT2D eigenvalue weighted by Gasteiger charge is -2.14. The molecule has 0 saturated heterocycles. The minimum atomic E-state index is -0.162. The molecule has 1 heterocycles. The second-order valence-electron chi connectivity index (χ2n) is 7.22. The topological polar surface area (TPSA) is 51.5 Å². The van der Waals surface area contributed by atoms with Gasteiger partial charge in [0.05, 0.1) is 12.9 Å². The van der Waals surface area contributed by atoms with Crippen molar-refractivity contribution in [3.05, 3.63) is 64.4 Å². The highest BCUT2D eigenvalue weighted by Gasteiger charge is 2.17. The molecule has 146 valence electrons. The Morgan fingerprint density at radius 2 is 1.86 bits per heavy atom. The molecule has 0 aliphatic carbocycles. The molecule has 0 fully saturated rings. The number of anilines is 1. The van der Waals surface area contributed by atoms with Gasteiger partial charge in [0.25, 0.3) is 0 Å². The van der Waals surface area contributed by atoms with Gasteiger partial charge in [0.15, 0.2) is 0 Å². The van der Waals surface area contributed by atoms with Crippen molar-refractivity contribution in [2.24, 2.45) is 0 Å². The van der Waals surface area contributed by atoms with E-state index in [-0.39, 0.29) is 5.91 Å². The zero-order chi connectivity index (χ0) is 20.4. The fourth-order valence-electron chi connectivity index (χ4n) is 3.33. The number of rotatable bonds is 5. The Morgan fingerprint density at radius 1 is 1.11 bits per heavy atom. The van der Waals surface area contributed by atoms with Crippen LogP contribution in [0.4, 0.5) is 5.69 Å². The van der Waals surface area contributed by atoms with Gasteiger partial charge >= 0.3 is 0 Å². The van der Waals surface area contributed by atoms with Gasteiger partial charge in [-0.25, -0.2) is 0 Å². The third kappa shape index (κ3) is 3.81. The smallest absolute Gasteiger partial charge is 0.248 e. The van der Waals surface area contributed by atoms with E-state index in [1.807, 2.05) is 58.9 Å². The predicted molar refractivity (Wildman–Crippen MR) is 115 cm³/mol. The minimum absolute atomic E-state index is 0.162. The maximum atomic E-state index is 12.6. The van der Waals surface area contributed by atoms with Crippen LogP contribution in [0.25, 0.3) is 16.5 Å². The predicted octanol–water partition coefficient (Wildman–Crippen LogP) is 6.11. The lowest BCUT2D eigenvalue weighted by atomic mass is 9.98. The normalized spacial score (nSPS) is 11.7. The number of hydrogen-bond donors (Lipinski definition) is 1. The number of carbonyl (C=O) groups is 1. The molecule has 1 aromatic heterocycles. The van der Waals surface area contributed by atoms with Crippen molar-refractivity contribution in [3.8, 4) is 5.75 Å². The van der Waals surface area contributed by atoms with Gasteiger partial charge in [0.1, 0.15) is 11.3 Å². The van der Waals surface area contributed by atoms with E-state index in [2.05, 4.69) is 12.2 Å². The number of nitrogens with one attached hydrogen (secondary N) is 1. The van der Waals surface area contributed by atoms with Gasteiger partial charge in [0, 0.05) is 28.3 Å². The second-order valence-corrected chi connectivity index (χ2v) is 7.22. The molecule has 1 N–H and O–H groups in total. The standard InChI is InChI=1S/C24H27NO3/c1-7-27-23-18(6)24-21(17(5)13-28-24)12-20(23)16(4)11-22(26)25-19-9-8-14(2)15(3)10-19/h8-13H,7H2,1-6H3,(H,25,26)/b16-11+. The highest BCUT2D eigenvalue weighted by Crippen LogP contribution is 2.37. The summed E-state index contributed by atoms with van der Waals surface area (Å²) in [6.07, 6.45) is 3.37. The largest absolute Gasteiger partial charge is 0.493 e. The zero-order valence-electron chi connectivity index (χ0n) is 17.4. The molecule has 0 unspecified atom stereocenters. The molecule has 0 saturated carbocycles. The first kappa shape index (κ1) is 19.7. The molecule has 1 amide bonds. The van der Waals surface area contributed by atoms with E-state index < -0.39 is 0 Å². The molecule has 4 heteroatoms. The number of benzene rings is 2. The van der Waals surface area contributed by atoms with Crippen LogP contribution in [0.1, 0.15) is 41.7 Å². The summed E-state index contributed by atoms with van der Waals surface area (Å²) in [6, 6.07) is 7.95. The molecule has 28 heavy (non-hydrogen) atoms. The third-order valence-corrected chi connectivity index (χ3v) is 5.07. The molecular formula is C24H27NO3. The van der Waals surface area contributed by atoms with Gasteiger partial charge in [-0.15, -0.1) is 0 Å². The summed E-state index contributed by atoms with van der Waals surface area (Å²) in [4.78, 5) is 12.6. The van der Waals surface area contributed by atoms with Crippen LogP contribution in [0.5, 0.6) is 5.75 Å². The number of ether oxygens (including phenoxy) is 1. The summed E-state index contributed by atoms with van der Waals surface area (Å²) < 4.78 is 11.6. The van der Waals surface area contributed by atoms with Gasteiger partial charge in [-0.1, -0.05) is 6.07 Å². The van der Waals surface area contributed by atoms with Crippen LogP contribution in [0.15, 0.2) is 41.0 Å². The van der Waals surface area contributed by atoms with Crippen LogP contribution in [-0.2, 0) is 4.79 Å². The first-order valence-corrected chi connectivity index (χ1v) is 9.53. The van der Waals surface area contributed by atoms with Crippen LogP contribution >= 0.6 is 0 Å². The Morgan fingerprint density at radius 3 is 2.54 bits per heavy atom. The number of hydrogen-bond acceptors (Lipinski definition) is 3. The quantitative estimate of drug-likeness (QED) is 0.546. The first-order valence-electron chi connectivity index (χ1n) is 9.53. The summed E-state index contributed by atoms with van der Waals surface area (Å²) in [5.74, 6) is 0.599. The van der Waals surface area contributed by atoms with Crippen molar-refractivity contribution < 1.29 is 13.9 Å². The Balaban J connectivity index is 1.97. The average Bonchev–Trinajstić information content (AvgIpc) is 3.01. The monoisotopic (exact) mass is 377 g/mol. The van der Waals surface area contributed by atoms with Gasteiger partial charge < -0.3 is 14.5 Å². The molecule has 0 radical (unpaired) electrons. The molecule has 0 spiro atoms. The fourth-order valence-corrected chi connectivity index (χ4v) is 3.33. The van der Waals surface area contributed by atoms with E-state index >= 15 is 0 Å². The summed E-state index contributed by atoms with van der Waals surface area (Å²) in [6.45, 7) is 12.5. The van der Waals surface area contributed by atoms with Gasteiger partial charge in [0.2, 0.25) is 5.91 Å². The van der Waals surface area contributed by atoms with E-state index in [4.69, 9.17) is 9.15 Å². The van der Waals surface area contributed by atoms with Crippen molar-refractivity contribution in [2.75, 3.05) is 11.9 Å². The lowest BCUT2D eigenvalue weighted by Crippen LogP contribution is -2.09. The molecule has 0 atom stereocenters. The fraction of sp³-hybridized carbons (Fsp3) is 0.292. The van der Waals surface area contributed by atoms with Crippen molar-refractivity contribution >= 4 is 28.1 Å². The number of allylic oxidation sites excluding steroid dienone is 1. The Bertz CT molecular complexity index is 1070. The number of carbonyl (C=O) groups excluding carboxylic acids is 1. The lowest BCUT2D eigenvalue weighted by molar-refractivity contribution is -0.111. The second kappa shape index (κ2) is 7.93. The van der Waals surface area contributed by atoms with E-state index in [1.54, 1.807) is 12.3 Å². The van der Waals surface area contributed by atoms with Crippen LogP contribution in [-0.4, -0.2) is 12.5 Å². The maximum absolute atomic E-state index is 12.6. The van der Waals surface area contributed by atoms with E-state index in [9.17, 15) is 4.79 Å². The van der Waals surface area contributed by atoms with Crippen molar-refractivity contribution in [1.82, 2.24) is 0 Å². The third-order valence-electron chi connectivity index (χ3n) is 5.07. The maximum Gasteiger partial charge on any atom is 0.248 e. The summed E-state index contributed by atoms with van der Waals surface area (Å²) in [5, 5.41) is 3.99. The van der Waals surface area contributed by atoms with Crippen LogP contribution in [0, 0.1) is 27.7 Å². The highest BCUT2D eigenvalue weighted by molar-refractivity contribution is 6.05. The average molecular weight is 377 g/mol. The molecule has 0 bridgehead atoms. The Hall–Kier alpha value is -3.01. The molecular weight excluding hydrogens is 350 g/mol. The molecule has 3 aromatic rings. The van der Waals surface area contributed by atoms with Crippen molar-refractivity contribution in [1.29, 1.82) is 0 Å². The first-order chi connectivity index (χ1) is 13.3. The summed E-state index contributed by atoms with van der Waals surface area (Å²) >= 11 is 0. The van der Waals surface area contributed by atoms with E-state index in [0.717, 1.165) is 50.2 Å². The van der Waals surface area contributed by atoms with Gasteiger partial charge in [-0.05, 0) is 82.0 Å². The van der Waals surface area contributed by atoms with Crippen LogP contribution < -0.4 is 10.1 Å². The SMILES string of the molecule is CCOc1c(/C(C)=C/C(=O)Nc2ccc(C)c(C)c2)cc2c(C)coc2c1C. The van der Waals surface area contributed by atoms with Crippen LogP contribution in [0.2, 0.25) is 0 Å². The Kier molecular flexibility index (Phi) is 5.59. The zero-order valence-corrected chi connectivity index (χ0v) is 17.4. The molecule has 0 aliphatic rings. The molecule has 4 nitrogen and oxygen atoms in total. The molecule has 3 rings (SSSR count). The number of furan rings is 1. The van der Waals surface area contributed by atoms with E-state index in [0.29, 0.717) is 6.61 Å². The van der Waals surface area contributed by atoms with Gasteiger partial charge in [-0.2, -0.15) is 0 Å². The summed E-state index contributed by atoms with van der Waals surface area (Å²) in [5.41, 5.74) is 7.73. The van der Waals surface area contributed by atoms with Crippen molar-refractivity contribution in [2.45, 2.75) is 41.5 Å². The molecule has 2 aromatic carbocycles.